The molecule has 37 heavy (non-hydrogen) atoms. The maximum atomic E-state index is 13.0. The zero-order valence-corrected chi connectivity index (χ0v) is 20.7. The van der Waals surface area contributed by atoms with E-state index < -0.39 is 42.5 Å². The second-order valence-corrected chi connectivity index (χ2v) is 9.02. The summed E-state index contributed by atoms with van der Waals surface area (Å²) >= 11 is 0. The average Bonchev–Trinajstić information content (AvgIpc) is 2.87. The van der Waals surface area contributed by atoms with Crippen LogP contribution in [0.4, 0.5) is 0 Å². The summed E-state index contributed by atoms with van der Waals surface area (Å²) in [5.74, 6) is -2.19. The van der Waals surface area contributed by atoms with Gasteiger partial charge >= 0.3 is 17.9 Å². The van der Waals surface area contributed by atoms with Crippen LogP contribution in [-0.2, 0) is 18.9 Å². The lowest BCUT2D eigenvalue weighted by molar-refractivity contribution is -0.250. The van der Waals surface area contributed by atoms with E-state index in [-0.39, 0.29) is 23.3 Å². The predicted octanol–water partition coefficient (Wildman–Crippen LogP) is 3.94. The molecule has 3 aromatic rings. The lowest BCUT2D eigenvalue weighted by Crippen LogP contribution is -2.57. The topological polar surface area (TPSA) is 108 Å². The van der Waals surface area contributed by atoms with E-state index in [2.05, 4.69) is 0 Å². The first kappa shape index (κ1) is 26.1. The Hall–Kier alpha value is -4.01. The Bertz CT molecular complexity index is 1300. The molecular weight excluding hydrogens is 476 g/mol. The summed E-state index contributed by atoms with van der Waals surface area (Å²) in [6.45, 7) is 5.17. The van der Waals surface area contributed by atoms with Crippen LogP contribution in [0.15, 0.2) is 72.8 Å². The highest BCUT2D eigenvalue weighted by Crippen LogP contribution is 2.26. The van der Waals surface area contributed by atoms with Crippen LogP contribution in [-0.4, -0.2) is 54.2 Å². The molecule has 0 spiro atoms. The van der Waals surface area contributed by atoms with Gasteiger partial charge in [-0.05, 0) is 57.2 Å². The fourth-order valence-corrected chi connectivity index (χ4v) is 4.00. The van der Waals surface area contributed by atoms with Gasteiger partial charge < -0.3 is 24.1 Å². The number of benzene rings is 3. The maximum Gasteiger partial charge on any atom is 0.340 e. The molecule has 1 fully saturated rings. The van der Waals surface area contributed by atoms with Gasteiger partial charge in [0.05, 0.1) is 23.3 Å². The van der Waals surface area contributed by atoms with Crippen LogP contribution in [0.2, 0.25) is 0 Å². The van der Waals surface area contributed by atoms with Gasteiger partial charge in [0.2, 0.25) is 12.4 Å². The largest absolute Gasteiger partial charge is 0.452 e. The van der Waals surface area contributed by atoms with Gasteiger partial charge in [0.25, 0.3) is 0 Å². The number of aliphatic hydroxyl groups excluding tert-OH is 1. The number of carbonyl (C=O) groups excluding carboxylic acids is 3. The van der Waals surface area contributed by atoms with E-state index in [0.29, 0.717) is 0 Å². The van der Waals surface area contributed by atoms with Crippen molar-refractivity contribution in [3.8, 4) is 0 Å². The Morgan fingerprint density at radius 3 is 1.51 bits per heavy atom. The maximum absolute atomic E-state index is 13.0. The van der Waals surface area contributed by atoms with E-state index >= 15 is 0 Å². The van der Waals surface area contributed by atoms with Gasteiger partial charge in [-0.1, -0.05) is 53.1 Å². The Morgan fingerprint density at radius 1 is 0.676 bits per heavy atom. The average molecular weight is 505 g/mol. The Morgan fingerprint density at radius 2 is 1.08 bits per heavy atom. The summed E-state index contributed by atoms with van der Waals surface area (Å²) in [5, 5.41) is 10.7. The van der Waals surface area contributed by atoms with Crippen molar-refractivity contribution in [3.05, 3.63) is 106 Å². The summed E-state index contributed by atoms with van der Waals surface area (Å²) in [4.78, 5) is 38.8. The van der Waals surface area contributed by atoms with E-state index in [1.807, 2.05) is 39.0 Å². The van der Waals surface area contributed by atoms with E-state index in [0.717, 1.165) is 16.7 Å². The van der Waals surface area contributed by atoms with Crippen molar-refractivity contribution in [1.82, 2.24) is 0 Å². The third kappa shape index (κ3) is 6.41. The van der Waals surface area contributed by atoms with Crippen LogP contribution in [0, 0.1) is 20.8 Å². The second kappa shape index (κ2) is 11.4. The molecule has 8 nitrogen and oxygen atoms in total. The van der Waals surface area contributed by atoms with Crippen molar-refractivity contribution in [2.24, 2.45) is 0 Å². The molecule has 0 radical (unpaired) electrons. The first-order valence-electron chi connectivity index (χ1n) is 11.8. The number of ether oxygens (including phenoxy) is 4. The van der Waals surface area contributed by atoms with Gasteiger partial charge in [-0.25, -0.2) is 14.4 Å². The molecule has 1 unspecified atom stereocenters. The van der Waals surface area contributed by atoms with Gasteiger partial charge in [-0.15, -0.1) is 0 Å². The number of hydrogen-bond acceptors (Lipinski definition) is 8. The first-order chi connectivity index (χ1) is 17.7. The minimum atomic E-state index is -1.43. The normalized spacial score (nSPS) is 21.1. The lowest BCUT2D eigenvalue weighted by Gasteiger charge is -2.38. The highest BCUT2D eigenvalue weighted by Gasteiger charge is 2.47. The van der Waals surface area contributed by atoms with Crippen molar-refractivity contribution >= 4 is 17.9 Å². The van der Waals surface area contributed by atoms with Gasteiger partial charge in [-0.2, -0.15) is 0 Å². The summed E-state index contributed by atoms with van der Waals surface area (Å²) in [6, 6.07) is 20.2. The number of esters is 3. The van der Waals surface area contributed by atoms with Crippen molar-refractivity contribution in [2.45, 2.75) is 45.4 Å². The van der Waals surface area contributed by atoms with Crippen LogP contribution in [0.1, 0.15) is 47.8 Å². The van der Waals surface area contributed by atoms with Crippen LogP contribution >= 0.6 is 0 Å². The van der Waals surface area contributed by atoms with Gasteiger partial charge in [0.15, 0.2) is 6.10 Å². The lowest BCUT2D eigenvalue weighted by atomic mass is 10.0. The molecule has 3 aromatic carbocycles. The van der Waals surface area contributed by atoms with E-state index in [4.69, 9.17) is 18.9 Å². The zero-order valence-electron chi connectivity index (χ0n) is 20.7. The molecule has 1 aliphatic rings. The molecule has 0 aromatic heterocycles. The minimum Gasteiger partial charge on any atom is -0.452 e. The van der Waals surface area contributed by atoms with E-state index in [1.165, 1.54) is 0 Å². The molecule has 4 rings (SSSR count). The smallest absolute Gasteiger partial charge is 0.340 e. The van der Waals surface area contributed by atoms with Crippen molar-refractivity contribution in [2.75, 3.05) is 6.61 Å². The molecule has 0 bridgehead atoms. The molecule has 4 atom stereocenters. The number of aliphatic hydroxyl groups is 1. The molecule has 192 valence electrons. The Kier molecular flexibility index (Phi) is 8.01. The zero-order chi connectivity index (χ0) is 26.5. The summed E-state index contributed by atoms with van der Waals surface area (Å²) < 4.78 is 22.4. The molecule has 0 saturated carbocycles. The van der Waals surface area contributed by atoms with Crippen LogP contribution < -0.4 is 0 Å². The van der Waals surface area contributed by atoms with Crippen LogP contribution in [0.25, 0.3) is 0 Å². The van der Waals surface area contributed by atoms with Crippen molar-refractivity contribution in [3.63, 3.8) is 0 Å². The summed E-state index contributed by atoms with van der Waals surface area (Å²) in [5.41, 5.74) is 3.30. The van der Waals surface area contributed by atoms with Gasteiger partial charge in [0, 0.05) is 0 Å². The SMILES string of the molecule is Cc1cccc(C(=O)OC2OC[C@@H](O)[C@H](OC(=O)c3cccc(C)c3)[C@H]2OC(=O)c2cccc(C)c2)c1. The van der Waals surface area contributed by atoms with E-state index in [1.54, 1.807) is 54.6 Å². The monoisotopic (exact) mass is 504 g/mol. The fraction of sp³-hybridized carbons (Fsp3) is 0.276. The third-order valence-corrected chi connectivity index (χ3v) is 5.87. The molecule has 1 saturated heterocycles. The van der Waals surface area contributed by atoms with Crippen LogP contribution in [0.5, 0.6) is 0 Å². The van der Waals surface area contributed by atoms with Gasteiger partial charge in [-0.3, -0.25) is 0 Å². The summed E-state index contributed by atoms with van der Waals surface area (Å²) in [7, 11) is 0. The first-order valence-corrected chi connectivity index (χ1v) is 11.8. The molecule has 1 heterocycles. The predicted molar refractivity (Wildman–Crippen MR) is 133 cm³/mol. The molecular formula is C29H28O8. The third-order valence-electron chi connectivity index (χ3n) is 5.87. The Labute approximate surface area is 214 Å². The van der Waals surface area contributed by atoms with E-state index in [9.17, 15) is 19.5 Å². The fourth-order valence-electron chi connectivity index (χ4n) is 4.00. The molecule has 8 heteroatoms. The summed E-state index contributed by atoms with van der Waals surface area (Å²) in [6.07, 6.45) is -5.55. The number of aryl methyl sites for hydroxylation is 3. The number of rotatable bonds is 6. The highest BCUT2D eigenvalue weighted by atomic mass is 16.7. The second-order valence-electron chi connectivity index (χ2n) is 9.02. The highest BCUT2D eigenvalue weighted by molar-refractivity contribution is 5.91. The standard InChI is InChI=1S/C29H28O8/c1-17-7-4-10-20(13-17)26(31)35-24-23(30)16-34-29(37-28(33)22-12-6-9-19(3)15-22)25(24)36-27(32)21-11-5-8-18(2)14-21/h4-15,23-25,29-30H,16H2,1-3H3/t23-,24+,25-,29?/m1/s1. The number of hydrogen-bond donors (Lipinski definition) is 1. The quantitative estimate of drug-likeness (QED) is 0.397. The Balaban J connectivity index is 1.62. The molecule has 0 amide bonds. The molecule has 1 aliphatic heterocycles. The molecule has 0 aliphatic carbocycles. The van der Waals surface area contributed by atoms with Crippen molar-refractivity contribution < 1.29 is 38.4 Å². The van der Waals surface area contributed by atoms with Crippen molar-refractivity contribution in [1.29, 1.82) is 0 Å². The number of carbonyl (C=O) groups is 3. The van der Waals surface area contributed by atoms with Gasteiger partial charge in [0.1, 0.15) is 6.10 Å². The van der Waals surface area contributed by atoms with Crippen LogP contribution in [0.3, 0.4) is 0 Å². The molecule has 1 N–H and O–H groups in total. The minimum absolute atomic E-state index is 0.243.